The summed E-state index contributed by atoms with van der Waals surface area (Å²) in [4.78, 5) is 0. The average molecular weight is 202 g/mol. The van der Waals surface area contributed by atoms with Gasteiger partial charge >= 0.3 is 0 Å². The molecule has 0 bridgehead atoms. The molecule has 0 aliphatic carbocycles. The van der Waals surface area contributed by atoms with Gasteiger partial charge in [-0.1, -0.05) is 0 Å². The Labute approximate surface area is 83.6 Å². The number of nitrogens with one attached hydrogen (secondary N) is 1. The molecule has 0 aromatic carbocycles. The van der Waals surface area contributed by atoms with Crippen LogP contribution in [0.4, 0.5) is 0 Å². The number of aliphatic hydroxyl groups is 1. The Balaban J connectivity index is 1.53. The minimum atomic E-state index is -0.288. The van der Waals surface area contributed by atoms with Gasteiger partial charge in [0.15, 0.2) is 0 Å². The first-order valence-corrected chi connectivity index (χ1v) is 5.20. The molecule has 0 amide bonds. The summed E-state index contributed by atoms with van der Waals surface area (Å²) in [5, 5.41) is 12.5. The highest BCUT2D eigenvalue weighted by molar-refractivity contribution is 4.90. The van der Waals surface area contributed by atoms with E-state index in [4.69, 9.17) is 15.2 Å². The first-order valence-electron chi connectivity index (χ1n) is 5.20. The van der Waals surface area contributed by atoms with E-state index < -0.39 is 0 Å². The molecule has 0 spiro atoms. The predicted molar refractivity (Wildman–Crippen MR) is 50.7 cm³/mol. The zero-order valence-electron chi connectivity index (χ0n) is 8.19. The molecule has 4 N–H and O–H groups in total. The Kier molecular flexibility index (Phi) is 3.35. The lowest BCUT2D eigenvalue weighted by atomic mass is 10.0. The molecule has 14 heavy (non-hydrogen) atoms. The fourth-order valence-corrected chi connectivity index (χ4v) is 1.62. The maximum Gasteiger partial charge on any atom is 0.135 e. The quantitative estimate of drug-likeness (QED) is 0.372. The number of nitrogens with two attached hydrogens (primary N) is 1. The van der Waals surface area contributed by atoms with Gasteiger partial charge in [-0.3, -0.25) is 5.32 Å². The van der Waals surface area contributed by atoms with E-state index in [9.17, 15) is 5.11 Å². The second kappa shape index (κ2) is 4.55. The SMILES string of the molecule is NCCCNC1OC1CC1OCC1O. The largest absolute Gasteiger partial charge is 0.388 e. The fourth-order valence-electron chi connectivity index (χ4n) is 1.62. The summed E-state index contributed by atoms with van der Waals surface area (Å²) in [7, 11) is 0. The number of aliphatic hydroxyl groups excluding tert-OH is 1. The first-order chi connectivity index (χ1) is 6.81. The van der Waals surface area contributed by atoms with Crippen molar-refractivity contribution in [2.24, 2.45) is 5.73 Å². The average Bonchev–Trinajstić information content (AvgIpc) is 2.91. The van der Waals surface area contributed by atoms with Gasteiger partial charge < -0.3 is 20.3 Å². The van der Waals surface area contributed by atoms with Crippen LogP contribution in [0.25, 0.3) is 0 Å². The smallest absolute Gasteiger partial charge is 0.135 e. The van der Waals surface area contributed by atoms with Crippen molar-refractivity contribution in [2.45, 2.75) is 37.4 Å². The third-order valence-corrected chi connectivity index (χ3v) is 2.68. The molecule has 2 aliphatic heterocycles. The van der Waals surface area contributed by atoms with Gasteiger partial charge in [-0.05, 0) is 19.5 Å². The highest BCUT2D eigenvalue weighted by Gasteiger charge is 2.43. The summed E-state index contributed by atoms with van der Waals surface area (Å²) in [6.45, 7) is 2.07. The van der Waals surface area contributed by atoms with Crippen LogP contribution in [0.2, 0.25) is 0 Å². The molecule has 2 aliphatic rings. The lowest BCUT2D eigenvalue weighted by Crippen LogP contribution is -2.45. The second-order valence-electron chi connectivity index (χ2n) is 3.87. The van der Waals surface area contributed by atoms with Gasteiger partial charge in [0.1, 0.15) is 18.4 Å². The molecule has 2 saturated heterocycles. The lowest BCUT2D eigenvalue weighted by molar-refractivity contribution is -0.165. The summed E-state index contributed by atoms with van der Waals surface area (Å²) in [6.07, 6.45) is 1.83. The van der Waals surface area contributed by atoms with Crippen molar-refractivity contribution in [3.05, 3.63) is 0 Å². The van der Waals surface area contributed by atoms with E-state index in [1.165, 1.54) is 0 Å². The van der Waals surface area contributed by atoms with Crippen molar-refractivity contribution in [1.29, 1.82) is 0 Å². The van der Waals surface area contributed by atoms with Crippen LogP contribution in [0.3, 0.4) is 0 Å². The van der Waals surface area contributed by atoms with Gasteiger partial charge in [-0.15, -0.1) is 0 Å². The maximum atomic E-state index is 9.27. The van der Waals surface area contributed by atoms with Gasteiger partial charge in [0.2, 0.25) is 0 Å². The third kappa shape index (κ3) is 2.43. The molecule has 2 heterocycles. The number of epoxide rings is 1. The van der Waals surface area contributed by atoms with Gasteiger partial charge in [-0.25, -0.2) is 0 Å². The molecule has 0 radical (unpaired) electrons. The van der Waals surface area contributed by atoms with Gasteiger partial charge in [0, 0.05) is 6.42 Å². The Morgan fingerprint density at radius 1 is 1.43 bits per heavy atom. The zero-order chi connectivity index (χ0) is 9.97. The highest BCUT2D eigenvalue weighted by atomic mass is 16.6. The Hall–Kier alpha value is -0.200. The minimum absolute atomic E-state index is 0.0127. The van der Waals surface area contributed by atoms with E-state index in [0.29, 0.717) is 13.2 Å². The van der Waals surface area contributed by atoms with Crippen LogP contribution < -0.4 is 11.1 Å². The van der Waals surface area contributed by atoms with Crippen LogP contribution in [0.15, 0.2) is 0 Å². The number of hydrogen-bond acceptors (Lipinski definition) is 5. The van der Waals surface area contributed by atoms with Crippen LogP contribution in [-0.2, 0) is 9.47 Å². The molecule has 4 atom stereocenters. The first kappa shape index (κ1) is 10.3. The molecule has 5 heteroatoms. The standard InChI is InChI=1S/C9H18N2O3/c10-2-1-3-11-9-8(14-9)4-7-6(12)5-13-7/h6-9,11-12H,1-5,10H2. The fraction of sp³-hybridized carbons (Fsp3) is 1.00. The molecule has 0 aromatic rings. The summed E-state index contributed by atoms with van der Waals surface area (Å²) in [6, 6.07) is 0. The normalized spacial score (nSPS) is 40.7. The van der Waals surface area contributed by atoms with E-state index in [1.807, 2.05) is 0 Å². The van der Waals surface area contributed by atoms with Crippen molar-refractivity contribution in [3.63, 3.8) is 0 Å². The van der Waals surface area contributed by atoms with Crippen LogP contribution in [0.5, 0.6) is 0 Å². The van der Waals surface area contributed by atoms with E-state index in [1.54, 1.807) is 0 Å². The van der Waals surface area contributed by atoms with Crippen molar-refractivity contribution in [1.82, 2.24) is 5.32 Å². The molecule has 82 valence electrons. The molecule has 0 saturated carbocycles. The predicted octanol–water partition coefficient (Wildman–Crippen LogP) is -1.20. The molecule has 0 aromatic heterocycles. The van der Waals surface area contributed by atoms with Crippen LogP contribution in [-0.4, -0.2) is 49.3 Å². The molecule has 2 rings (SSSR count). The van der Waals surface area contributed by atoms with E-state index in [-0.39, 0.29) is 24.5 Å². The highest BCUT2D eigenvalue weighted by Crippen LogP contribution is 2.29. The number of hydrogen-bond donors (Lipinski definition) is 3. The van der Waals surface area contributed by atoms with Crippen molar-refractivity contribution >= 4 is 0 Å². The van der Waals surface area contributed by atoms with Crippen LogP contribution >= 0.6 is 0 Å². The summed E-state index contributed by atoms with van der Waals surface area (Å²) in [5.41, 5.74) is 5.37. The van der Waals surface area contributed by atoms with Crippen molar-refractivity contribution < 1.29 is 14.6 Å². The third-order valence-electron chi connectivity index (χ3n) is 2.68. The minimum Gasteiger partial charge on any atom is -0.388 e. The second-order valence-corrected chi connectivity index (χ2v) is 3.87. The van der Waals surface area contributed by atoms with Gasteiger partial charge in [0.05, 0.1) is 12.7 Å². The lowest BCUT2D eigenvalue weighted by Gasteiger charge is -2.32. The zero-order valence-corrected chi connectivity index (χ0v) is 8.19. The number of rotatable bonds is 6. The monoisotopic (exact) mass is 202 g/mol. The summed E-state index contributed by atoms with van der Waals surface area (Å²) in [5.74, 6) is 0. The molecule has 5 nitrogen and oxygen atoms in total. The molecular formula is C9H18N2O3. The number of ether oxygens (including phenoxy) is 2. The topological polar surface area (TPSA) is 80.0 Å². The van der Waals surface area contributed by atoms with E-state index in [2.05, 4.69) is 5.32 Å². The van der Waals surface area contributed by atoms with Crippen molar-refractivity contribution in [3.8, 4) is 0 Å². The van der Waals surface area contributed by atoms with Crippen molar-refractivity contribution in [2.75, 3.05) is 19.7 Å². The van der Waals surface area contributed by atoms with Gasteiger partial charge in [-0.2, -0.15) is 0 Å². The Morgan fingerprint density at radius 2 is 2.29 bits per heavy atom. The molecular weight excluding hydrogens is 184 g/mol. The Morgan fingerprint density at radius 3 is 2.86 bits per heavy atom. The maximum absolute atomic E-state index is 9.27. The van der Waals surface area contributed by atoms with Gasteiger partial charge in [0.25, 0.3) is 0 Å². The Bertz CT molecular complexity index is 191. The van der Waals surface area contributed by atoms with Crippen LogP contribution in [0.1, 0.15) is 12.8 Å². The summed E-state index contributed by atoms with van der Waals surface area (Å²) < 4.78 is 10.6. The molecule has 2 fully saturated rings. The van der Waals surface area contributed by atoms with Crippen LogP contribution in [0, 0.1) is 0 Å². The summed E-state index contributed by atoms with van der Waals surface area (Å²) >= 11 is 0. The molecule has 4 unspecified atom stereocenters. The van der Waals surface area contributed by atoms with E-state index >= 15 is 0 Å². The van der Waals surface area contributed by atoms with E-state index in [0.717, 1.165) is 19.4 Å².